The maximum Gasteiger partial charge on any atom is 0.271 e. The second kappa shape index (κ2) is 6.76. The number of nitrogens with one attached hydrogen (secondary N) is 1. The standard InChI is InChI=1S/C14H10BrClN2O5/c15-9-4-8(16)1-7(12(9)21)5-17-18-14(23)6-2-10(19)13(22)11(20)3-6/h1-5,19-22H,(H,18,23)/b17-5+. The van der Waals surface area contributed by atoms with E-state index >= 15 is 0 Å². The van der Waals surface area contributed by atoms with Gasteiger partial charge >= 0.3 is 0 Å². The number of carbonyl (C=O) groups excluding carboxylic acids is 1. The molecule has 0 aromatic heterocycles. The second-order valence-electron chi connectivity index (χ2n) is 4.39. The highest BCUT2D eigenvalue weighted by Crippen LogP contribution is 2.35. The highest BCUT2D eigenvalue weighted by Gasteiger charge is 2.13. The van der Waals surface area contributed by atoms with Crippen LogP contribution in [0.2, 0.25) is 5.02 Å². The van der Waals surface area contributed by atoms with Gasteiger partial charge in [-0.2, -0.15) is 5.10 Å². The normalized spacial score (nSPS) is 10.9. The van der Waals surface area contributed by atoms with E-state index in [1.165, 1.54) is 18.3 Å². The Bertz CT molecular complexity index is 787. The highest BCUT2D eigenvalue weighted by molar-refractivity contribution is 9.10. The van der Waals surface area contributed by atoms with Crippen LogP contribution in [0.15, 0.2) is 33.8 Å². The lowest BCUT2D eigenvalue weighted by Crippen LogP contribution is -2.17. The third-order valence-electron chi connectivity index (χ3n) is 2.76. The van der Waals surface area contributed by atoms with Crippen LogP contribution in [-0.4, -0.2) is 32.5 Å². The smallest absolute Gasteiger partial charge is 0.271 e. The summed E-state index contributed by atoms with van der Waals surface area (Å²) in [6.45, 7) is 0. The van der Waals surface area contributed by atoms with Crippen molar-refractivity contribution in [3.05, 3.63) is 44.9 Å². The Morgan fingerprint density at radius 3 is 2.30 bits per heavy atom. The zero-order valence-electron chi connectivity index (χ0n) is 11.3. The largest absolute Gasteiger partial charge is 0.506 e. The first-order chi connectivity index (χ1) is 10.8. The molecule has 2 aromatic rings. The molecule has 5 N–H and O–H groups in total. The van der Waals surface area contributed by atoms with Gasteiger partial charge in [-0.05, 0) is 40.2 Å². The summed E-state index contributed by atoms with van der Waals surface area (Å²) >= 11 is 8.95. The number of nitrogens with zero attached hydrogens (tertiary/aromatic N) is 1. The summed E-state index contributed by atoms with van der Waals surface area (Å²) in [5, 5.41) is 41.7. The third kappa shape index (κ3) is 3.85. The van der Waals surface area contributed by atoms with Crippen LogP contribution in [0.3, 0.4) is 0 Å². The van der Waals surface area contributed by atoms with Crippen molar-refractivity contribution in [2.75, 3.05) is 0 Å². The van der Waals surface area contributed by atoms with Crippen LogP contribution >= 0.6 is 27.5 Å². The molecule has 23 heavy (non-hydrogen) atoms. The van der Waals surface area contributed by atoms with E-state index in [1.54, 1.807) is 0 Å². The monoisotopic (exact) mass is 400 g/mol. The van der Waals surface area contributed by atoms with E-state index in [1.807, 2.05) is 0 Å². The summed E-state index contributed by atoms with van der Waals surface area (Å²) < 4.78 is 0.367. The molecule has 0 saturated heterocycles. The molecule has 120 valence electrons. The molecule has 0 saturated carbocycles. The van der Waals surface area contributed by atoms with Crippen LogP contribution in [0.1, 0.15) is 15.9 Å². The van der Waals surface area contributed by atoms with E-state index in [0.717, 1.165) is 12.1 Å². The number of phenolic OH excluding ortho intramolecular Hbond substituents is 4. The molecule has 0 radical (unpaired) electrons. The molecule has 2 rings (SSSR count). The predicted molar refractivity (Wildman–Crippen MR) is 87.3 cm³/mol. The molecule has 0 heterocycles. The maximum absolute atomic E-state index is 11.8. The molecular weight excluding hydrogens is 392 g/mol. The average molecular weight is 402 g/mol. The average Bonchev–Trinajstić information content (AvgIpc) is 2.48. The number of rotatable bonds is 3. The van der Waals surface area contributed by atoms with Crippen LogP contribution in [-0.2, 0) is 0 Å². The quantitative estimate of drug-likeness (QED) is 0.307. The lowest BCUT2D eigenvalue weighted by molar-refractivity contribution is 0.0954. The number of hydrogen-bond donors (Lipinski definition) is 5. The number of amides is 1. The van der Waals surface area contributed by atoms with Gasteiger partial charge in [0, 0.05) is 16.1 Å². The van der Waals surface area contributed by atoms with Crippen LogP contribution < -0.4 is 5.43 Å². The number of aromatic hydroxyl groups is 4. The van der Waals surface area contributed by atoms with E-state index in [4.69, 9.17) is 11.6 Å². The lowest BCUT2D eigenvalue weighted by Gasteiger charge is -2.05. The summed E-state index contributed by atoms with van der Waals surface area (Å²) in [6, 6.07) is 4.87. The highest BCUT2D eigenvalue weighted by atomic mass is 79.9. The van der Waals surface area contributed by atoms with Gasteiger partial charge in [0.25, 0.3) is 5.91 Å². The fraction of sp³-hybridized carbons (Fsp3) is 0. The summed E-state index contributed by atoms with van der Waals surface area (Å²) in [5.74, 6) is -2.86. The Balaban J connectivity index is 2.16. The molecule has 0 fully saturated rings. The van der Waals surface area contributed by atoms with Gasteiger partial charge in [-0.3, -0.25) is 4.79 Å². The zero-order valence-corrected chi connectivity index (χ0v) is 13.6. The van der Waals surface area contributed by atoms with Crippen LogP contribution in [0.5, 0.6) is 23.0 Å². The molecule has 0 bridgehead atoms. The first-order valence-corrected chi connectivity index (χ1v) is 7.23. The van der Waals surface area contributed by atoms with E-state index in [0.29, 0.717) is 9.50 Å². The summed E-state index contributed by atoms with van der Waals surface area (Å²) in [6.07, 6.45) is 1.17. The number of carbonyl (C=O) groups is 1. The van der Waals surface area contributed by atoms with E-state index in [2.05, 4.69) is 26.5 Å². The molecular formula is C14H10BrClN2O5. The number of hydrogen-bond acceptors (Lipinski definition) is 6. The van der Waals surface area contributed by atoms with Crippen molar-refractivity contribution in [2.24, 2.45) is 5.10 Å². The molecule has 7 nitrogen and oxygen atoms in total. The Morgan fingerprint density at radius 2 is 1.70 bits per heavy atom. The molecule has 0 spiro atoms. The van der Waals surface area contributed by atoms with Gasteiger partial charge < -0.3 is 20.4 Å². The van der Waals surface area contributed by atoms with Crippen LogP contribution in [0.4, 0.5) is 0 Å². The molecule has 1 amide bonds. The van der Waals surface area contributed by atoms with E-state index in [9.17, 15) is 25.2 Å². The fourth-order valence-electron chi connectivity index (χ4n) is 1.64. The molecule has 0 atom stereocenters. The molecule has 0 aliphatic heterocycles. The molecule has 2 aromatic carbocycles. The van der Waals surface area contributed by atoms with Gasteiger partial charge in [0.15, 0.2) is 17.2 Å². The van der Waals surface area contributed by atoms with Crippen molar-refractivity contribution in [2.45, 2.75) is 0 Å². The number of hydrazone groups is 1. The van der Waals surface area contributed by atoms with Gasteiger partial charge in [0.2, 0.25) is 0 Å². The minimum atomic E-state index is -0.743. The van der Waals surface area contributed by atoms with Gasteiger partial charge in [0.05, 0.1) is 10.7 Å². The Labute approximate surface area is 143 Å². The maximum atomic E-state index is 11.8. The van der Waals surface area contributed by atoms with Crippen molar-refractivity contribution in [3.8, 4) is 23.0 Å². The zero-order chi connectivity index (χ0) is 17.1. The Morgan fingerprint density at radius 1 is 1.09 bits per heavy atom. The van der Waals surface area contributed by atoms with Crippen molar-refractivity contribution in [1.82, 2.24) is 5.43 Å². The molecule has 0 aliphatic carbocycles. The topological polar surface area (TPSA) is 122 Å². The van der Waals surface area contributed by atoms with Crippen LogP contribution in [0.25, 0.3) is 0 Å². The van der Waals surface area contributed by atoms with Gasteiger partial charge in [-0.1, -0.05) is 11.6 Å². The first-order valence-electron chi connectivity index (χ1n) is 6.06. The number of benzene rings is 2. The van der Waals surface area contributed by atoms with Gasteiger partial charge in [-0.15, -0.1) is 0 Å². The molecule has 0 aliphatic rings. The van der Waals surface area contributed by atoms with Crippen molar-refractivity contribution < 1.29 is 25.2 Å². The van der Waals surface area contributed by atoms with Gasteiger partial charge in [0.1, 0.15) is 5.75 Å². The van der Waals surface area contributed by atoms with Crippen molar-refractivity contribution in [3.63, 3.8) is 0 Å². The number of halogens is 2. The van der Waals surface area contributed by atoms with Crippen LogP contribution in [0, 0.1) is 0 Å². The third-order valence-corrected chi connectivity index (χ3v) is 3.58. The summed E-state index contributed by atoms with van der Waals surface area (Å²) in [4.78, 5) is 11.8. The van der Waals surface area contributed by atoms with E-state index in [-0.39, 0.29) is 16.9 Å². The van der Waals surface area contributed by atoms with E-state index < -0.39 is 23.2 Å². The van der Waals surface area contributed by atoms with Gasteiger partial charge in [-0.25, -0.2) is 5.43 Å². The minimum Gasteiger partial charge on any atom is -0.506 e. The Kier molecular flexibility index (Phi) is 4.97. The minimum absolute atomic E-state index is 0.104. The lowest BCUT2D eigenvalue weighted by atomic mass is 10.2. The summed E-state index contributed by atoms with van der Waals surface area (Å²) in [5.41, 5.74) is 2.29. The first kappa shape index (κ1) is 16.9. The molecule has 0 unspecified atom stereocenters. The SMILES string of the molecule is O=C(N/N=C/c1cc(Cl)cc(Br)c1O)c1cc(O)c(O)c(O)c1. The molecule has 9 heteroatoms. The van der Waals surface area contributed by atoms with Crippen molar-refractivity contribution in [1.29, 1.82) is 0 Å². The predicted octanol–water partition coefficient (Wildman–Crippen LogP) is 2.69. The fourth-order valence-corrected chi connectivity index (χ4v) is 2.48. The second-order valence-corrected chi connectivity index (χ2v) is 5.68. The summed E-state index contributed by atoms with van der Waals surface area (Å²) in [7, 11) is 0. The Hall–Kier alpha value is -2.45. The number of phenols is 4. The van der Waals surface area contributed by atoms with Crippen molar-refractivity contribution >= 4 is 39.7 Å².